The first kappa shape index (κ1) is 13.4. The van der Waals surface area contributed by atoms with Crippen LogP contribution >= 0.6 is 0 Å². The second-order valence-corrected chi connectivity index (χ2v) is 8.76. The number of hydrogen-bond donors (Lipinski definition) is 0. The van der Waals surface area contributed by atoms with Crippen LogP contribution in [-0.4, -0.2) is 42.1 Å². The number of rotatable bonds is 0. The van der Waals surface area contributed by atoms with Crippen LogP contribution in [0.3, 0.4) is 0 Å². The van der Waals surface area contributed by atoms with Crippen molar-refractivity contribution in [1.29, 1.82) is 0 Å². The molecular formula is C21H22N2O2. The number of nitrogens with zero attached hydrogens (tertiary/aromatic N) is 2. The van der Waals surface area contributed by atoms with Gasteiger partial charge in [0.05, 0.1) is 25.2 Å². The summed E-state index contributed by atoms with van der Waals surface area (Å²) in [6.07, 6.45) is 6.62. The van der Waals surface area contributed by atoms with Gasteiger partial charge in [0.15, 0.2) is 0 Å². The zero-order valence-electron chi connectivity index (χ0n) is 14.2. The van der Waals surface area contributed by atoms with Gasteiger partial charge in [0.25, 0.3) is 0 Å². The minimum atomic E-state index is 0.113. The fraction of sp³-hybridized carbons (Fsp3) is 0.571. The van der Waals surface area contributed by atoms with E-state index < -0.39 is 0 Å². The summed E-state index contributed by atoms with van der Waals surface area (Å²) < 4.78 is 6.29. The Morgan fingerprint density at radius 3 is 3.12 bits per heavy atom. The van der Waals surface area contributed by atoms with Gasteiger partial charge >= 0.3 is 0 Å². The number of amides is 1. The summed E-state index contributed by atoms with van der Waals surface area (Å²) in [7, 11) is 0. The summed E-state index contributed by atoms with van der Waals surface area (Å²) in [5, 5.41) is 0. The van der Waals surface area contributed by atoms with E-state index in [0.717, 1.165) is 19.6 Å². The van der Waals surface area contributed by atoms with Gasteiger partial charge in [0, 0.05) is 29.6 Å². The Hall–Kier alpha value is -1.81. The van der Waals surface area contributed by atoms with Crippen LogP contribution < -0.4 is 4.90 Å². The lowest BCUT2D eigenvalue weighted by molar-refractivity contribution is -0.131. The Morgan fingerprint density at radius 1 is 1.24 bits per heavy atom. The maximum atomic E-state index is 13.2. The van der Waals surface area contributed by atoms with Crippen LogP contribution in [0.4, 0.5) is 5.69 Å². The lowest BCUT2D eigenvalue weighted by Crippen LogP contribution is -2.68. The fourth-order valence-corrected chi connectivity index (χ4v) is 7.46. The van der Waals surface area contributed by atoms with Gasteiger partial charge in [0.2, 0.25) is 5.91 Å². The van der Waals surface area contributed by atoms with Crippen LogP contribution in [0.25, 0.3) is 0 Å². The molecule has 6 aliphatic rings. The molecule has 0 aromatic heterocycles. The highest BCUT2D eigenvalue weighted by Crippen LogP contribution is 2.65. The molecular weight excluding hydrogens is 312 g/mol. The third kappa shape index (κ3) is 1.31. The molecule has 25 heavy (non-hydrogen) atoms. The molecule has 0 radical (unpaired) electrons. The van der Waals surface area contributed by atoms with Crippen LogP contribution in [-0.2, 0) is 14.9 Å². The Kier molecular flexibility index (Phi) is 2.21. The molecule has 7 rings (SSSR count). The van der Waals surface area contributed by atoms with Crippen molar-refractivity contribution in [1.82, 2.24) is 4.90 Å². The van der Waals surface area contributed by atoms with Crippen molar-refractivity contribution < 1.29 is 9.53 Å². The standard InChI is InChI=1S/C21H22N2O2/c24-18-10-16-19-13-9-17-21(6-7-22(17)11-12(13)5-8-25-16)14-3-1-2-4-15(14)23(18)20(19)21/h1-4,11,13,16-17,19-20H,5-10H2/t13-,16-,17+,19+,20+,21+/m0/s1. The van der Waals surface area contributed by atoms with Gasteiger partial charge < -0.3 is 14.5 Å². The second kappa shape index (κ2) is 4.12. The molecule has 1 amide bonds. The normalized spacial score (nSPS) is 45.2. The topological polar surface area (TPSA) is 32.8 Å². The molecule has 1 saturated carbocycles. The predicted octanol–water partition coefficient (Wildman–Crippen LogP) is 2.44. The van der Waals surface area contributed by atoms with E-state index in [-0.39, 0.29) is 17.4 Å². The molecule has 6 atom stereocenters. The smallest absolute Gasteiger partial charge is 0.229 e. The Bertz CT molecular complexity index is 848. The monoisotopic (exact) mass is 334 g/mol. The SMILES string of the molecule is O=C1C[C@@H]2OCCC3=CN4CC[C@]56c7ccccc7N1[C@@H]5[C@@H]2[C@H]3C[C@@H]46. The number of carbonyl (C=O) groups excluding carboxylic acids is 1. The largest absolute Gasteiger partial charge is 0.377 e. The van der Waals surface area contributed by atoms with E-state index in [1.807, 2.05) is 0 Å². The van der Waals surface area contributed by atoms with E-state index in [1.165, 1.54) is 24.1 Å². The highest BCUT2D eigenvalue weighted by atomic mass is 16.5. The molecule has 1 aromatic carbocycles. The predicted molar refractivity (Wildman–Crippen MR) is 93.2 cm³/mol. The van der Waals surface area contributed by atoms with Crippen molar-refractivity contribution in [3.8, 4) is 0 Å². The molecule has 4 fully saturated rings. The van der Waals surface area contributed by atoms with E-state index in [4.69, 9.17) is 4.74 Å². The Labute approximate surface area is 147 Å². The fourth-order valence-electron chi connectivity index (χ4n) is 7.46. The Balaban J connectivity index is 1.56. The molecule has 0 N–H and O–H groups in total. The van der Waals surface area contributed by atoms with Crippen molar-refractivity contribution in [3.05, 3.63) is 41.6 Å². The average molecular weight is 334 g/mol. The molecule has 5 heterocycles. The van der Waals surface area contributed by atoms with E-state index in [2.05, 4.69) is 40.3 Å². The number of carbonyl (C=O) groups is 1. The van der Waals surface area contributed by atoms with Crippen LogP contribution in [0.15, 0.2) is 36.0 Å². The van der Waals surface area contributed by atoms with Crippen LogP contribution in [0, 0.1) is 11.8 Å². The van der Waals surface area contributed by atoms with Crippen molar-refractivity contribution in [3.63, 3.8) is 0 Å². The third-order valence-electron chi connectivity index (χ3n) is 8.16. The summed E-state index contributed by atoms with van der Waals surface area (Å²) >= 11 is 0. The molecule has 5 aliphatic heterocycles. The summed E-state index contributed by atoms with van der Waals surface area (Å²) in [6, 6.07) is 9.59. The van der Waals surface area contributed by atoms with Gasteiger partial charge in [-0.25, -0.2) is 0 Å². The van der Waals surface area contributed by atoms with E-state index in [9.17, 15) is 4.79 Å². The van der Waals surface area contributed by atoms with Crippen LogP contribution in [0.1, 0.15) is 31.2 Å². The number of hydrogen-bond acceptors (Lipinski definition) is 3. The first-order valence-electron chi connectivity index (χ1n) is 9.78. The van der Waals surface area contributed by atoms with Crippen LogP contribution in [0.2, 0.25) is 0 Å². The number of ether oxygens (including phenoxy) is 1. The number of fused-ring (bicyclic) bond motifs is 2. The molecule has 1 aliphatic carbocycles. The zero-order chi connectivity index (χ0) is 16.3. The third-order valence-corrected chi connectivity index (χ3v) is 8.16. The van der Waals surface area contributed by atoms with Gasteiger partial charge in [-0.05, 0) is 48.6 Å². The minimum Gasteiger partial charge on any atom is -0.377 e. The number of piperidine rings is 1. The van der Waals surface area contributed by atoms with E-state index >= 15 is 0 Å². The first-order valence-corrected chi connectivity index (χ1v) is 9.78. The van der Waals surface area contributed by atoms with E-state index in [1.54, 1.807) is 5.57 Å². The summed E-state index contributed by atoms with van der Waals surface area (Å²) in [5.74, 6) is 1.35. The Morgan fingerprint density at radius 2 is 2.16 bits per heavy atom. The van der Waals surface area contributed by atoms with E-state index in [0.29, 0.717) is 30.3 Å². The van der Waals surface area contributed by atoms with Crippen LogP contribution in [0.5, 0.6) is 0 Å². The van der Waals surface area contributed by atoms with Gasteiger partial charge in [0.1, 0.15) is 0 Å². The van der Waals surface area contributed by atoms with Gasteiger partial charge in [-0.2, -0.15) is 0 Å². The number of para-hydroxylation sites is 1. The highest BCUT2D eigenvalue weighted by Gasteiger charge is 2.70. The lowest BCUT2D eigenvalue weighted by Gasteiger charge is -2.57. The molecule has 4 heteroatoms. The summed E-state index contributed by atoms with van der Waals surface area (Å²) in [4.78, 5) is 18.0. The molecule has 1 aromatic rings. The van der Waals surface area contributed by atoms with Crippen molar-refractivity contribution in [2.75, 3.05) is 18.1 Å². The maximum Gasteiger partial charge on any atom is 0.229 e. The van der Waals surface area contributed by atoms with Gasteiger partial charge in [-0.15, -0.1) is 0 Å². The number of benzene rings is 1. The first-order chi connectivity index (χ1) is 12.3. The lowest BCUT2D eigenvalue weighted by atomic mass is 9.54. The van der Waals surface area contributed by atoms with Crippen molar-refractivity contribution in [2.24, 2.45) is 11.8 Å². The summed E-state index contributed by atoms with van der Waals surface area (Å²) in [5.41, 5.74) is 4.32. The number of anilines is 1. The molecule has 3 saturated heterocycles. The molecule has 0 unspecified atom stereocenters. The minimum absolute atomic E-state index is 0.113. The summed E-state index contributed by atoms with van der Waals surface area (Å²) in [6.45, 7) is 1.91. The molecule has 1 spiro atoms. The second-order valence-electron chi connectivity index (χ2n) is 8.76. The molecule has 4 nitrogen and oxygen atoms in total. The molecule has 2 bridgehead atoms. The highest BCUT2D eigenvalue weighted by molar-refractivity contribution is 5.99. The van der Waals surface area contributed by atoms with Crippen molar-refractivity contribution in [2.45, 2.75) is 49.3 Å². The van der Waals surface area contributed by atoms with Gasteiger partial charge in [-0.3, -0.25) is 4.79 Å². The van der Waals surface area contributed by atoms with Crippen molar-refractivity contribution >= 4 is 11.6 Å². The molecule has 128 valence electrons. The quantitative estimate of drug-likeness (QED) is 0.731. The van der Waals surface area contributed by atoms with Gasteiger partial charge in [-0.1, -0.05) is 18.2 Å². The average Bonchev–Trinajstić information content (AvgIpc) is 3.10. The zero-order valence-corrected chi connectivity index (χ0v) is 14.2. The maximum absolute atomic E-state index is 13.2.